The van der Waals surface area contributed by atoms with Crippen LogP contribution in [0.4, 0.5) is 0 Å². The van der Waals surface area contributed by atoms with Crippen molar-refractivity contribution < 1.29 is 13.2 Å². The monoisotopic (exact) mass is 340 g/mol. The van der Waals surface area contributed by atoms with E-state index in [1.165, 1.54) is 6.92 Å². The van der Waals surface area contributed by atoms with Gasteiger partial charge in [-0.25, -0.2) is 8.42 Å². The Hall–Kier alpha value is 0.830. The lowest BCUT2D eigenvalue weighted by Crippen LogP contribution is -2.31. The van der Waals surface area contributed by atoms with Gasteiger partial charge in [-0.15, -0.1) is 0 Å². The summed E-state index contributed by atoms with van der Waals surface area (Å²) in [6, 6.07) is 0. The van der Waals surface area contributed by atoms with Crippen LogP contribution in [0.1, 0.15) is 6.92 Å². The first-order valence-electron chi connectivity index (χ1n) is 2.28. The zero-order valence-corrected chi connectivity index (χ0v) is 9.95. The van der Waals surface area contributed by atoms with Crippen molar-refractivity contribution in [3.05, 3.63) is 0 Å². The number of hydrogen-bond acceptors (Lipinski definition) is 3. The van der Waals surface area contributed by atoms with Crippen molar-refractivity contribution in [2.75, 3.05) is 6.26 Å². The molecule has 0 aliphatic rings. The SMILES string of the molecule is CC(=O)[C@](Br)(I)S(C)(=O)=O. The fourth-order valence-electron chi connectivity index (χ4n) is 0.261. The number of Topliss-reactive ketones (excluding diaryl/α,β-unsaturated/α-hetero) is 1. The topological polar surface area (TPSA) is 51.2 Å². The molecule has 0 aromatic carbocycles. The van der Waals surface area contributed by atoms with Crippen molar-refractivity contribution in [2.45, 2.75) is 8.59 Å². The quantitative estimate of drug-likeness (QED) is 0.559. The van der Waals surface area contributed by atoms with E-state index in [9.17, 15) is 13.2 Å². The normalized spacial score (nSPS) is 18.0. The Morgan fingerprint density at radius 1 is 1.60 bits per heavy atom. The standard InChI is InChI=1S/C4H6BrIO3S/c1-3(7)4(5,6)10(2,8)9/h1-2H3/t4-/m0/s1. The highest BCUT2D eigenvalue weighted by atomic mass is 127. The van der Waals surface area contributed by atoms with Gasteiger partial charge in [0.15, 0.2) is 15.6 Å². The third kappa shape index (κ3) is 2.16. The van der Waals surface area contributed by atoms with E-state index in [4.69, 9.17) is 0 Å². The van der Waals surface area contributed by atoms with Gasteiger partial charge in [0.25, 0.3) is 0 Å². The van der Waals surface area contributed by atoms with Gasteiger partial charge >= 0.3 is 0 Å². The summed E-state index contributed by atoms with van der Waals surface area (Å²) in [7, 11) is -3.35. The molecule has 0 rings (SSSR count). The number of carbonyl (C=O) groups is 1. The lowest BCUT2D eigenvalue weighted by Gasteiger charge is -2.13. The molecule has 0 amide bonds. The van der Waals surface area contributed by atoms with E-state index >= 15 is 0 Å². The predicted octanol–water partition coefficient (Wildman–Crippen LogP) is 1.10. The maximum Gasteiger partial charge on any atom is 0.234 e. The molecule has 0 saturated carbocycles. The van der Waals surface area contributed by atoms with Crippen LogP contribution in [-0.2, 0) is 14.6 Å². The van der Waals surface area contributed by atoms with E-state index in [-0.39, 0.29) is 0 Å². The second-order valence-electron chi connectivity index (χ2n) is 1.85. The predicted molar refractivity (Wildman–Crippen MR) is 51.2 cm³/mol. The Labute approximate surface area is 81.8 Å². The van der Waals surface area contributed by atoms with E-state index in [0.717, 1.165) is 6.26 Å². The molecule has 10 heavy (non-hydrogen) atoms. The highest BCUT2D eigenvalue weighted by molar-refractivity contribution is 14.1. The molecule has 0 fully saturated rings. The molecule has 0 heterocycles. The molecular weight excluding hydrogens is 335 g/mol. The van der Waals surface area contributed by atoms with Crippen molar-refractivity contribution in [1.29, 1.82) is 0 Å². The fourth-order valence-corrected chi connectivity index (χ4v) is 0.783. The summed E-state index contributed by atoms with van der Waals surface area (Å²) in [5.74, 6) is -0.421. The Morgan fingerprint density at radius 2 is 1.90 bits per heavy atom. The molecule has 0 saturated heterocycles. The number of ketones is 1. The van der Waals surface area contributed by atoms with Crippen LogP contribution in [0.5, 0.6) is 0 Å². The maximum absolute atomic E-state index is 10.8. The Bertz CT molecular complexity index is 243. The van der Waals surface area contributed by atoms with Gasteiger partial charge in [-0.1, -0.05) is 0 Å². The molecule has 0 bridgehead atoms. The minimum atomic E-state index is -3.35. The summed E-state index contributed by atoms with van der Waals surface area (Å²) in [6.45, 7) is 1.22. The average molecular weight is 341 g/mol. The number of hydrogen-bond donors (Lipinski definition) is 0. The van der Waals surface area contributed by atoms with E-state index in [1.807, 2.05) is 0 Å². The van der Waals surface area contributed by atoms with Crippen LogP contribution < -0.4 is 0 Å². The molecule has 60 valence electrons. The third-order valence-electron chi connectivity index (χ3n) is 0.876. The van der Waals surface area contributed by atoms with Crippen LogP contribution in [-0.4, -0.2) is 22.1 Å². The lowest BCUT2D eigenvalue weighted by atomic mass is 10.5. The molecule has 1 atom stereocenters. The number of alkyl halides is 2. The zero-order chi connectivity index (χ0) is 8.58. The number of carbonyl (C=O) groups excluding carboxylic acids is 1. The molecule has 0 spiro atoms. The number of halogens is 2. The van der Waals surface area contributed by atoms with Crippen molar-refractivity contribution >= 4 is 54.1 Å². The summed E-state index contributed by atoms with van der Waals surface area (Å²) in [5, 5.41) is 0. The summed E-state index contributed by atoms with van der Waals surface area (Å²) >= 11 is 4.37. The van der Waals surface area contributed by atoms with Crippen molar-refractivity contribution in [2.24, 2.45) is 0 Å². The lowest BCUT2D eigenvalue weighted by molar-refractivity contribution is -0.115. The Kier molecular flexibility index (Phi) is 3.31. The number of rotatable bonds is 2. The first-order chi connectivity index (χ1) is 4.19. The molecule has 0 aliphatic heterocycles. The summed E-state index contributed by atoms with van der Waals surface area (Å²) < 4.78 is 20.2. The van der Waals surface area contributed by atoms with Crippen molar-refractivity contribution in [3.63, 3.8) is 0 Å². The van der Waals surface area contributed by atoms with E-state index < -0.39 is 17.3 Å². The fraction of sp³-hybridized carbons (Fsp3) is 0.750. The first-order valence-corrected chi connectivity index (χ1v) is 6.04. The third-order valence-corrected chi connectivity index (χ3v) is 7.58. The largest absolute Gasteiger partial charge is 0.296 e. The molecule has 0 aromatic rings. The first kappa shape index (κ1) is 10.8. The van der Waals surface area contributed by atoms with E-state index in [0.29, 0.717) is 0 Å². The van der Waals surface area contributed by atoms with E-state index in [1.54, 1.807) is 22.6 Å². The van der Waals surface area contributed by atoms with Crippen molar-refractivity contribution in [3.8, 4) is 0 Å². The molecule has 6 heteroatoms. The van der Waals surface area contributed by atoms with Crippen LogP contribution in [0.15, 0.2) is 0 Å². The zero-order valence-electron chi connectivity index (χ0n) is 5.39. The smallest absolute Gasteiger partial charge is 0.234 e. The van der Waals surface area contributed by atoms with Crippen LogP contribution >= 0.6 is 38.5 Å². The van der Waals surface area contributed by atoms with Gasteiger partial charge in [-0.2, -0.15) is 0 Å². The van der Waals surface area contributed by atoms with Crippen LogP contribution in [0, 0.1) is 0 Å². The van der Waals surface area contributed by atoms with Crippen LogP contribution in [0.3, 0.4) is 0 Å². The van der Waals surface area contributed by atoms with E-state index in [2.05, 4.69) is 15.9 Å². The summed E-state index contributed by atoms with van der Waals surface area (Å²) in [6.07, 6.45) is 1.01. The second-order valence-corrected chi connectivity index (χ2v) is 9.55. The number of sulfone groups is 1. The molecule has 0 aliphatic carbocycles. The molecule has 0 N–H and O–H groups in total. The molecule has 0 aromatic heterocycles. The molecule has 0 radical (unpaired) electrons. The van der Waals surface area contributed by atoms with Crippen molar-refractivity contribution in [1.82, 2.24) is 0 Å². The molecule has 3 nitrogen and oxygen atoms in total. The van der Waals surface area contributed by atoms with Gasteiger partial charge in [0.05, 0.1) is 0 Å². The second kappa shape index (κ2) is 3.06. The van der Waals surface area contributed by atoms with Gasteiger partial charge in [0, 0.05) is 6.26 Å². The van der Waals surface area contributed by atoms with Gasteiger partial charge < -0.3 is 0 Å². The summed E-state index contributed by atoms with van der Waals surface area (Å²) in [4.78, 5) is 10.7. The van der Waals surface area contributed by atoms with Gasteiger partial charge in [-0.3, -0.25) is 4.79 Å². The average Bonchev–Trinajstić information content (AvgIpc) is 1.62. The highest BCUT2D eigenvalue weighted by Gasteiger charge is 2.39. The minimum Gasteiger partial charge on any atom is -0.296 e. The minimum absolute atomic E-state index is 0.421. The Morgan fingerprint density at radius 3 is 1.90 bits per heavy atom. The maximum atomic E-state index is 10.8. The van der Waals surface area contributed by atoms with Gasteiger partial charge in [0.2, 0.25) is 1.66 Å². The molecule has 0 unspecified atom stereocenters. The van der Waals surface area contributed by atoms with Gasteiger partial charge in [0.1, 0.15) is 0 Å². The van der Waals surface area contributed by atoms with Gasteiger partial charge in [-0.05, 0) is 45.4 Å². The highest BCUT2D eigenvalue weighted by Crippen LogP contribution is 2.33. The van der Waals surface area contributed by atoms with Crippen LogP contribution in [0.2, 0.25) is 0 Å². The summed E-state index contributed by atoms with van der Waals surface area (Å²) in [5.41, 5.74) is 0. The Balaban J connectivity index is 4.95. The molecular formula is C4H6BrIO3S. The van der Waals surface area contributed by atoms with Crippen LogP contribution in [0.25, 0.3) is 0 Å².